The number of hydrogen-bond donors (Lipinski definition) is 1. The molecular weight excluding hydrogens is 378 g/mol. The van der Waals surface area contributed by atoms with Gasteiger partial charge in [0, 0.05) is 45.2 Å². The number of carbonyl (C=O) groups excluding carboxylic acids is 2. The van der Waals surface area contributed by atoms with Crippen molar-refractivity contribution in [1.29, 1.82) is 0 Å². The molecule has 6 nitrogen and oxygen atoms in total. The summed E-state index contributed by atoms with van der Waals surface area (Å²) >= 11 is 0. The van der Waals surface area contributed by atoms with Gasteiger partial charge in [0.1, 0.15) is 0 Å². The molecule has 1 N–H and O–H groups in total. The van der Waals surface area contributed by atoms with E-state index in [0.717, 1.165) is 31.5 Å². The lowest BCUT2D eigenvalue weighted by molar-refractivity contribution is -0.126. The maximum Gasteiger partial charge on any atom is 0.409 e. The van der Waals surface area contributed by atoms with E-state index >= 15 is 0 Å². The SMILES string of the molecule is CCOC(=O)N1CCC(C(=O)NCc2ccccc2CN2C[C@@H](C)C[C@H](C)C2)CC1. The highest BCUT2D eigenvalue weighted by molar-refractivity contribution is 5.79. The number of nitrogens with one attached hydrogen (secondary N) is 1. The number of likely N-dealkylation sites (tertiary alicyclic amines) is 2. The molecule has 2 aliphatic rings. The summed E-state index contributed by atoms with van der Waals surface area (Å²) in [5, 5.41) is 3.14. The number of rotatable bonds is 6. The molecule has 30 heavy (non-hydrogen) atoms. The van der Waals surface area contributed by atoms with Crippen molar-refractivity contribution in [3.05, 3.63) is 35.4 Å². The normalized spacial score (nSPS) is 23.2. The van der Waals surface area contributed by atoms with Gasteiger partial charge in [0.2, 0.25) is 5.91 Å². The first-order valence-electron chi connectivity index (χ1n) is 11.4. The number of ether oxygens (including phenoxy) is 1. The van der Waals surface area contributed by atoms with Crippen LogP contribution in [0.4, 0.5) is 4.79 Å². The van der Waals surface area contributed by atoms with Crippen LogP contribution >= 0.6 is 0 Å². The van der Waals surface area contributed by atoms with Crippen LogP contribution in [0.5, 0.6) is 0 Å². The lowest BCUT2D eigenvalue weighted by atomic mass is 9.91. The second-order valence-corrected chi connectivity index (χ2v) is 9.09. The topological polar surface area (TPSA) is 61.9 Å². The Bertz CT molecular complexity index is 705. The van der Waals surface area contributed by atoms with E-state index < -0.39 is 0 Å². The van der Waals surface area contributed by atoms with Crippen molar-refractivity contribution in [2.75, 3.05) is 32.8 Å². The predicted octanol–water partition coefficient (Wildman–Crippen LogP) is 3.65. The van der Waals surface area contributed by atoms with Gasteiger partial charge in [0.05, 0.1) is 6.61 Å². The minimum atomic E-state index is -0.272. The molecule has 2 fully saturated rings. The van der Waals surface area contributed by atoms with Crippen LogP contribution in [0.15, 0.2) is 24.3 Å². The predicted molar refractivity (Wildman–Crippen MR) is 118 cm³/mol. The van der Waals surface area contributed by atoms with E-state index in [-0.39, 0.29) is 17.9 Å². The average molecular weight is 416 g/mol. The summed E-state index contributed by atoms with van der Waals surface area (Å²) in [6.07, 6.45) is 2.42. The molecule has 0 aromatic heterocycles. The molecule has 0 bridgehead atoms. The molecule has 2 atom stereocenters. The van der Waals surface area contributed by atoms with E-state index in [1.54, 1.807) is 4.90 Å². The van der Waals surface area contributed by atoms with Gasteiger partial charge in [0.25, 0.3) is 0 Å². The third kappa shape index (κ3) is 6.21. The fourth-order valence-corrected chi connectivity index (χ4v) is 4.91. The third-order valence-corrected chi connectivity index (χ3v) is 6.30. The first kappa shape index (κ1) is 22.6. The van der Waals surface area contributed by atoms with Crippen LogP contribution in [0.3, 0.4) is 0 Å². The van der Waals surface area contributed by atoms with Crippen LogP contribution in [-0.2, 0) is 22.6 Å². The summed E-state index contributed by atoms with van der Waals surface area (Å²) in [6.45, 7) is 11.8. The lowest BCUT2D eigenvalue weighted by Crippen LogP contribution is -2.43. The Hall–Kier alpha value is -2.08. The molecule has 6 heteroatoms. The Morgan fingerprint density at radius 2 is 1.70 bits per heavy atom. The molecule has 1 aromatic carbocycles. The summed E-state index contributed by atoms with van der Waals surface area (Å²) in [5.74, 6) is 1.53. The zero-order valence-electron chi connectivity index (χ0n) is 18.7. The standard InChI is InChI=1S/C24H37N3O3/c1-4-30-24(29)27-11-9-20(10-12-27)23(28)25-14-21-7-5-6-8-22(21)17-26-15-18(2)13-19(3)16-26/h5-8,18-20H,4,9-17H2,1-3H3,(H,25,28)/t18-,19-/m0/s1. The molecule has 2 saturated heterocycles. The molecule has 2 amide bonds. The molecule has 1 aromatic rings. The van der Waals surface area contributed by atoms with E-state index in [1.807, 2.05) is 13.0 Å². The minimum Gasteiger partial charge on any atom is -0.450 e. The van der Waals surface area contributed by atoms with Gasteiger partial charge in [-0.2, -0.15) is 0 Å². The van der Waals surface area contributed by atoms with Crippen LogP contribution in [0, 0.1) is 17.8 Å². The number of carbonyl (C=O) groups is 2. The van der Waals surface area contributed by atoms with Crippen LogP contribution in [0.2, 0.25) is 0 Å². The number of benzene rings is 1. The first-order chi connectivity index (χ1) is 14.5. The molecule has 0 spiro atoms. The maximum absolute atomic E-state index is 12.7. The van der Waals surface area contributed by atoms with Crippen molar-refractivity contribution >= 4 is 12.0 Å². The molecule has 0 aliphatic carbocycles. The molecule has 3 rings (SSSR count). The average Bonchev–Trinajstić information content (AvgIpc) is 2.72. The van der Waals surface area contributed by atoms with Crippen LogP contribution in [-0.4, -0.2) is 54.6 Å². The Morgan fingerprint density at radius 1 is 1.07 bits per heavy atom. The van der Waals surface area contributed by atoms with Crippen molar-refractivity contribution in [3.63, 3.8) is 0 Å². The summed E-state index contributed by atoms with van der Waals surface area (Å²) in [6, 6.07) is 8.44. The molecule has 166 valence electrons. The summed E-state index contributed by atoms with van der Waals surface area (Å²) in [4.78, 5) is 28.8. The summed E-state index contributed by atoms with van der Waals surface area (Å²) < 4.78 is 5.05. The molecular formula is C24H37N3O3. The Labute approximate surface area is 180 Å². The quantitative estimate of drug-likeness (QED) is 0.770. The number of piperidine rings is 2. The highest BCUT2D eigenvalue weighted by atomic mass is 16.6. The van der Waals surface area contributed by atoms with Gasteiger partial charge in [-0.3, -0.25) is 9.69 Å². The van der Waals surface area contributed by atoms with Crippen molar-refractivity contribution in [1.82, 2.24) is 15.1 Å². The van der Waals surface area contributed by atoms with Crippen molar-refractivity contribution in [2.45, 2.75) is 53.1 Å². The van der Waals surface area contributed by atoms with E-state index in [4.69, 9.17) is 4.74 Å². The van der Waals surface area contributed by atoms with E-state index in [9.17, 15) is 9.59 Å². The minimum absolute atomic E-state index is 0.0355. The summed E-state index contributed by atoms with van der Waals surface area (Å²) in [7, 11) is 0. The van der Waals surface area contributed by atoms with Gasteiger partial charge in [-0.15, -0.1) is 0 Å². The van der Waals surface area contributed by atoms with E-state index in [1.165, 1.54) is 17.5 Å². The van der Waals surface area contributed by atoms with Gasteiger partial charge in [0.15, 0.2) is 0 Å². The maximum atomic E-state index is 12.7. The second kappa shape index (κ2) is 10.8. The summed E-state index contributed by atoms with van der Waals surface area (Å²) in [5.41, 5.74) is 2.50. The van der Waals surface area contributed by atoms with Gasteiger partial charge < -0.3 is 15.0 Å². The van der Waals surface area contributed by atoms with Crippen LogP contribution in [0.1, 0.15) is 51.2 Å². The van der Waals surface area contributed by atoms with Crippen molar-refractivity contribution in [3.8, 4) is 0 Å². The highest BCUT2D eigenvalue weighted by Gasteiger charge is 2.28. The third-order valence-electron chi connectivity index (χ3n) is 6.30. The molecule has 0 unspecified atom stereocenters. The zero-order chi connectivity index (χ0) is 21.5. The highest BCUT2D eigenvalue weighted by Crippen LogP contribution is 2.24. The van der Waals surface area contributed by atoms with Crippen molar-refractivity contribution < 1.29 is 14.3 Å². The Balaban J connectivity index is 1.50. The number of amides is 2. The fourth-order valence-electron chi connectivity index (χ4n) is 4.91. The van der Waals surface area contributed by atoms with Gasteiger partial charge in [-0.1, -0.05) is 38.1 Å². The second-order valence-electron chi connectivity index (χ2n) is 9.09. The Kier molecular flexibility index (Phi) is 8.14. The van der Waals surface area contributed by atoms with Gasteiger partial charge >= 0.3 is 6.09 Å². The molecule has 0 saturated carbocycles. The molecule has 2 aliphatic heterocycles. The zero-order valence-corrected chi connectivity index (χ0v) is 18.7. The fraction of sp³-hybridized carbons (Fsp3) is 0.667. The van der Waals surface area contributed by atoms with Crippen LogP contribution < -0.4 is 5.32 Å². The Morgan fingerprint density at radius 3 is 2.33 bits per heavy atom. The first-order valence-corrected chi connectivity index (χ1v) is 11.4. The van der Waals surface area contributed by atoms with E-state index in [2.05, 4.69) is 42.3 Å². The largest absolute Gasteiger partial charge is 0.450 e. The van der Waals surface area contributed by atoms with Crippen molar-refractivity contribution in [2.24, 2.45) is 17.8 Å². The van der Waals surface area contributed by atoms with Gasteiger partial charge in [-0.05, 0) is 49.1 Å². The number of hydrogen-bond acceptors (Lipinski definition) is 4. The monoisotopic (exact) mass is 415 g/mol. The lowest BCUT2D eigenvalue weighted by Gasteiger charge is -2.35. The molecule has 2 heterocycles. The van der Waals surface area contributed by atoms with Crippen LogP contribution in [0.25, 0.3) is 0 Å². The van der Waals surface area contributed by atoms with Gasteiger partial charge in [-0.25, -0.2) is 4.79 Å². The smallest absolute Gasteiger partial charge is 0.409 e. The number of nitrogens with zero attached hydrogens (tertiary/aromatic N) is 2. The van der Waals surface area contributed by atoms with E-state index in [0.29, 0.717) is 39.1 Å². The molecule has 0 radical (unpaired) electrons.